The average molecular weight is 219 g/mol. The molecule has 6 heteroatoms. The molecular weight excluding hydrogens is 204 g/mol. The van der Waals surface area contributed by atoms with Crippen molar-refractivity contribution in [2.75, 3.05) is 5.32 Å². The first-order valence-electron chi connectivity index (χ1n) is 4.07. The third-order valence-electron chi connectivity index (χ3n) is 1.91. The van der Waals surface area contributed by atoms with Gasteiger partial charge in [0.1, 0.15) is 0 Å². The molecule has 5 nitrogen and oxygen atoms in total. The summed E-state index contributed by atoms with van der Waals surface area (Å²) in [7, 11) is 1.82. The van der Waals surface area contributed by atoms with Crippen LogP contribution in [0.2, 0.25) is 0 Å². The van der Waals surface area contributed by atoms with Crippen molar-refractivity contribution in [1.29, 1.82) is 0 Å². The lowest BCUT2D eigenvalue weighted by atomic mass is 10.3. The Kier molecular flexibility index (Phi) is 4.59. The zero-order valence-corrected chi connectivity index (χ0v) is 9.26. The molecule has 3 N–H and O–H groups in total. The Labute approximate surface area is 89.1 Å². The Morgan fingerprint density at radius 3 is 2.64 bits per heavy atom. The zero-order valence-electron chi connectivity index (χ0n) is 8.44. The number of halogens is 1. The molecule has 0 aromatic carbocycles. The molecule has 0 saturated heterocycles. The first kappa shape index (κ1) is 12.9. The van der Waals surface area contributed by atoms with Crippen molar-refractivity contribution in [3.05, 3.63) is 11.9 Å². The van der Waals surface area contributed by atoms with Gasteiger partial charge in [0.05, 0.1) is 23.6 Å². The minimum atomic E-state index is -0.500. The van der Waals surface area contributed by atoms with Gasteiger partial charge in [-0.15, -0.1) is 12.4 Å². The van der Waals surface area contributed by atoms with Crippen LogP contribution in [0, 0.1) is 6.92 Å². The number of amides is 1. The van der Waals surface area contributed by atoms with Crippen molar-refractivity contribution < 1.29 is 4.79 Å². The number of carbonyl (C=O) groups excluding carboxylic acids is 1. The third-order valence-corrected chi connectivity index (χ3v) is 1.91. The highest BCUT2D eigenvalue weighted by molar-refractivity contribution is 5.94. The highest BCUT2D eigenvalue weighted by Gasteiger charge is 2.10. The number of nitrogens with zero attached hydrogens (tertiary/aromatic N) is 2. The van der Waals surface area contributed by atoms with Gasteiger partial charge in [-0.05, 0) is 13.8 Å². The van der Waals surface area contributed by atoms with E-state index in [0.717, 1.165) is 5.69 Å². The van der Waals surface area contributed by atoms with Gasteiger partial charge in [-0.2, -0.15) is 5.10 Å². The van der Waals surface area contributed by atoms with Gasteiger partial charge in [0, 0.05) is 7.05 Å². The van der Waals surface area contributed by atoms with Crippen molar-refractivity contribution in [3.8, 4) is 0 Å². The van der Waals surface area contributed by atoms with Gasteiger partial charge in [-0.1, -0.05) is 0 Å². The molecule has 1 rings (SSSR count). The lowest BCUT2D eigenvalue weighted by molar-refractivity contribution is -0.117. The summed E-state index contributed by atoms with van der Waals surface area (Å²) in [4.78, 5) is 11.2. The number of aromatic nitrogens is 2. The maximum absolute atomic E-state index is 11.2. The molecular formula is C8H15ClN4O. The predicted octanol–water partition coefficient (Wildman–Crippen LogP) is 0.436. The van der Waals surface area contributed by atoms with Gasteiger partial charge < -0.3 is 11.1 Å². The minimum absolute atomic E-state index is 0. The maximum atomic E-state index is 11.2. The summed E-state index contributed by atoms with van der Waals surface area (Å²) in [5.74, 6) is -0.198. The van der Waals surface area contributed by atoms with Gasteiger partial charge in [-0.25, -0.2) is 0 Å². The second-order valence-corrected chi connectivity index (χ2v) is 3.05. The molecule has 0 bridgehead atoms. The van der Waals surface area contributed by atoms with Crippen LogP contribution in [0.3, 0.4) is 0 Å². The smallest absolute Gasteiger partial charge is 0.241 e. The number of nitrogens with two attached hydrogens (primary N) is 1. The minimum Gasteiger partial charge on any atom is -0.322 e. The summed E-state index contributed by atoms with van der Waals surface area (Å²) in [6.07, 6.45) is 1.61. The van der Waals surface area contributed by atoms with E-state index in [1.807, 2.05) is 14.0 Å². The van der Waals surface area contributed by atoms with Crippen LogP contribution >= 0.6 is 12.4 Å². The summed E-state index contributed by atoms with van der Waals surface area (Å²) < 4.78 is 1.69. The second kappa shape index (κ2) is 4.97. The van der Waals surface area contributed by atoms with Crippen molar-refractivity contribution in [2.24, 2.45) is 12.8 Å². The number of rotatable bonds is 2. The van der Waals surface area contributed by atoms with Gasteiger partial charge in [0.15, 0.2) is 0 Å². The molecule has 1 atom stereocenters. The number of aryl methyl sites for hydroxylation is 1. The van der Waals surface area contributed by atoms with E-state index in [9.17, 15) is 4.79 Å². The monoisotopic (exact) mass is 218 g/mol. The van der Waals surface area contributed by atoms with E-state index in [1.54, 1.807) is 17.8 Å². The molecule has 0 aliphatic heterocycles. The molecule has 1 amide bonds. The summed E-state index contributed by atoms with van der Waals surface area (Å²) in [6.45, 7) is 3.52. The molecule has 1 heterocycles. The standard InChI is InChI=1S/C8H14N4O.ClH/c1-5(9)8(13)11-7-4-10-12(3)6(7)2;/h4-5H,9H2,1-3H3,(H,11,13);1H/t5-;/m1./s1. The van der Waals surface area contributed by atoms with E-state index in [2.05, 4.69) is 10.4 Å². The van der Waals surface area contributed by atoms with Crippen molar-refractivity contribution in [3.63, 3.8) is 0 Å². The quantitative estimate of drug-likeness (QED) is 0.757. The SMILES string of the molecule is Cc1c(NC(=O)[C@@H](C)N)cnn1C.Cl. The molecule has 0 fully saturated rings. The van der Waals surface area contributed by atoms with Crippen LogP contribution in [0.1, 0.15) is 12.6 Å². The fraction of sp³-hybridized carbons (Fsp3) is 0.500. The van der Waals surface area contributed by atoms with Gasteiger partial charge in [-0.3, -0.25) is 9.48 Å². The van der Waals surface area contributed by atoms with Crippen LogP contribution in [-0.2, 0) is 11.8 Å². The van der Waals surface area contributed by atoms with Gasteiger partial charge in [0.25, 0.3) is 0 Å². The van der Waals surface area contributed by atoms with Crippen LogP contribution in [0.25, 0.3) is 0 Å². The van der Waals surface area contributed by atoms with Crippen LogP contribution in [0.5, 0.6) is 0 Å². The highest BCUT2D eigenvalue weighted by atomic mass is 35.5. The molecule has 0 saturated carbocycles. The average Bonchev–Trinajstić information content (AvgIpc) is 2.36. The molecule has 1 aromatic rings. The van der Waals surface area contributed by atoms with E-state index >= 15 is 0 Å². The second-order valence-electron chi connectivity index (χ2n) is 3.05. The van der Waals surface area contributed by atoms with E-state index in [1.165, 1.54) is 0 Å². The predicted molar refractivity (Wildman–Crippen MR) is 57.5 cm³/mol. The fourth-order valence-electron chi connectivity index (χ4n) is 0.868. The third kappa shape index (κ3) is 2.71. The molecule has 0 radical (unpaired) electrons. The lowest BCUT2D eigenvalue weighted by Gasteiger charge is -2.06. The molecule has 0 aliphatic rings. The molecule has 0 unspecified atom stereocenters. The molecule has 1 aromatic heterocycles. The van der Waals surface area contributed by atoms with Crippen molar-refractivity contribution in [2.45, 2.75) is 19.9 Å². The first-order chi connectivity index (χ1) is 6.02. The van der Waals surface area contributed by atoms with Gasteiger partial charge in [0.2, 0.25) is 5.91 Å². The van der Waals surface area contributed by atoms with Gasteiger partial charge >= 0.3 is 0 Å². The Bertz CT molecular complexity index is 321. The van der Waals surface area contributed by atoms with E-state index in [-0.39, 0.29) is 18.3 Å². The number of carbonyl (C=O) groups is 1. The first-order valence-corrected chi connectivity index (χ1v) is 4.07. The zero-order chi connectivity index (χ0) is 10.0. The Hall–Kier alpha value is -1.07. The normalized spacial score (nSPS) is 11.7. The van der Waals surface area contributed by atoms with Crippen molar-refractivity contribution >= 4 is 24.0 Å². The highest BCUT2D eigenvalue weighted by Crippen LogP contribution is 2.11. The Balaban J connectivity index is 0.00000169. The van der Waals surface area contributed by atoms with E-state index in [4.69, 9.17) is 5.73 Å². The van der Waals surface area contributed by atoms with Crippen LogP contribution < -0.4 is 11.1 Å². The number of hydrogen-bond donors (Lipinski definition) is 2. The fourth-order valence-corrected chi connectivity index (χ4v) is 0.868. The lowest BCUT2D eigenvalue weighted by Crippen LogP contribution is -2.32. The summed E-state index contributed by atoms with van der Waals surface area (Å²) >= 11 is 0. The van der Waals surface area contributed by atoms with E-state index in [0.29, 0.717) is 5.69 Å². The number of hydrogen-bond acceptors (Lipinski definition) is 3. The molecule has 0 spiro atoms. The summed E-state index contributed by atoms with van der Waals surface area (Å²) in [5, 5.41) is 6.67. The largest absolute Gasteiger partial charge is 0.322 e. The van der Waals surface area contributed by atoms with Crippen LogP contribution in [0.4, 0.5) is 5.69 Å². The molecule has 14 heavy (non-hydrogen) atoms. The molecule has 0 aliphatic carbocycles. The van der Waals surface area contributed by atoms with Crippen molar-refractivity contribution in [1.82, 2.24) is 9.78 Å². The number of anilines is 1. The van der Waals surface area contributed by atoms with E-state index < -0.39 is 6.04 Å². The van der Waals surface area contributed by atoms with Crippen LogP contribution in [0.15, 0.2) is 6.20 Å². The Morgan fingerprint density at radius 2 is 2.29 bits per heavy atom. The Morgan fingerprint density at radius 1 is 1.71 bits per heavy atom. The maximum Gasteiger partial charge on any atom is 0.241 e. The summed E-state index contributed by atoms with van der Waals surface area (Å²) in [6, 6.07) is -0.500. The van der Waals surface area contributed by atoms with Crippen LogP contribution in [-0.4, -0.2) is 21.7 Å². The topological polar surface area (TPSA) is 72.9 Å². The molecule has 80 valence electrons. The number of nitrogens with one attached hydrogen (secondary N) is 1. The summed E-state index contributed by atoms with van der Waals surface area (Å²) in [5.41, 5.74) is 7.03.